The van der Waals surface area contributed by atoms with Crippen LogP contribution in [0.15, 0.2) is 23.0 Å². The Morgan fingerprint density at radius 2 is 2.24 bits per heavy atom. The average Bonchev–Trinajstić information content (AvgIpc) is 2.93. The van der Waals surface area contributed by atoms with Crippen molar-refractivity contribution in [3.63, 3.8) is 0 Å². The zero-order chi connectivity index (χ0) is 14.8. The van der Waals surface area contributed by atoms with Gasteiger partial charge in [-0.2, -0.15) is 4.98 Å². The number of morpholine rings is 1. The summed E-state index contributed by atoms with van der Waals surface area (Å²) < 4.78 is 10.6. The van der Waals surface area contributed by atoms with Crippen LogP contribution in [-0.2, 0) is 4.74 Å². The van der Waals surface area contributed by atoms with E-state index in [2.05, 4.69) is 15.1 Å². The predicted octanol–water partition coefficient (Wildman–Crippen LogP) is 1.30. The maximum absolute atomic E-state index is 12.7. The van der Waals surface area contributed by atoms with Crippen LogP contribution in [0.5, 0.6) is 0 Å². The van der Waals surface area contributed by atoms with Gasteiger partial charge in [0.2, 0.25) is 0 Å². The molecule has 0 saturated carbocycles. The largest absolute Gasteiger partial charge is 0.377 e. The minimum Gasteiger partial charge on any atom is -0.377 e. The molecule has 0 spiro atoms. The van der Waals surface area contributed by atoms with Gasteiger partial charge >= 0.3 is 0 Å². The number of hydrogen-bond acceptors (Lipinski definition) is 6. The molecule has 1 aliphatic heterocycles. The highest BCUT2D eigenvalue weighted by Gasteiger charge is 2.33. The van der Waals surface area contributed by atoms with E-state index >= 15 is 0 Å². The molecule has 0 aromatic carbocycles. The van der Waals surface area contributed by atoms with Crippen molar-refractivity contribution in [2.24, 2.45) is 0 Å². The number of amides is 1. The van der Waals surface area contributed by atoms with Crippen LogP contribution in [-0.4, -0.2) is 45.7 Å². The van der Waals surface area contributed by atoms with Crippen molar-refractivity contribution in [3.8, 4) is 0 Å². The summed E-state index contributed by atoms with van der Waals surface area (Å²) in [5.74, 6) is 0.844. The fourth-order valence-corrected chi connectivity index (χ4v) is 2.34. The number of ether oxygens (including phenoxy) is 1. The summed E-state index contributed by atoms with van der Waals surface area (Å²) in [6.07, 6.45) is 3.29. The molecule has 110 valence electrons. The number of nitrogens with zero attached hydrogens (tertiary/aromatic N) is 4. The van der Waals surface area contributed by atoms with E-state index in [-0.39, 0.29) is 11.9 Å². The number of carbonyl (C=O) groups is 1. The second-order valence-corrected chi connectivity index (χ2v) is 5.02. The van der Waals surface area contributed by atoms with E-state index < -0.39 is 0 Å². The molecule has 0 aliphatic carbocycles. The van der Waals surface area contributed by atoms with Gasteiger partial charge in [0.15, 0.2) is 5.82 Å². The molecular formula is C14H16N4O3. The van der Waals surface area contributed by atoms with Crippen LogP contribution in [0.25, 0.3) is 0 Å². The van der Waals surface area contributed by atoms with E-state index in [1.165, 1.54) is 0 Å². The maximum Gasteiger partial charge on any atom is 0.256 e. The average molecular weight is 288 g/mol. The van der Waals surface area contributed by atoms with Crippen molar-refractivity contribution in [2.75, 3.05) is 19.8 Å². The van der Waals surface area contributed by atoms with E-state index in [9.17, 15) is 4.79 Å². The molecule has 0 radical (unpaired) electrons. The lowest BCUT2D eigenvalue weighted by molar-refractivity contribution is -0.0119. The lowest BCUT2D eigenvalue weighted by Gasteiger charge is -2.33. The Morgan fingerprint density at radius 3 is 2.95 bits per heavy atom. The molecule has 21 heavy (non-hydrogen) atoms. The highest BCUT2D eigenvalue weighted by atomic mass is 16.5. The Bertz CT molecular complexity index is 655. The second kappa shape index (κ2) is 5.61. The van der Waals surface area contributed by atoms with Gasteiger partial charge in [-0.3, -0.25) is 9.78 Å². The third kappa shape index (κ3) is 2.78. The summed E-state index contributed by atoms with van der Waals surface area (Å²) in [5, 5.41) is 3.78. The maximum atomic E-state index is 12.7. The fourth-order valence-electron chi connectivity index (χ4n) is 2.34. The Labute approximate surface area is 121 Å². The summed E-state index contributed by atoms with van der Waals surface area (Å²) in [6.45, 7) is 4.98. The Kier molecular flexibility index (Phi) is 3.66. The fraction of sp³-hybridized carbons (Fsp3) is 0.429. The van der Waals surface area contributed by atoms with Crippen molar-refractivity contribution in [2.45, 2.75) is 19.9 Å². The third-order valence-electron chi connectivity index (χ3n) is 3.34. The molecule has 2 aromatic rings. The minimum absolute atomic E-state index is 0.102. The van der Waals surface area contributed by atoms with E-state index in [0.29, 0.717) is 37.0 Å². The lowest BCUT2D eigenvalue weighted by atomic mass is 10.1. The molecule has 1 fully saturated rings. The number of hydrogen-bond donors (Lipinski definition) is 0. The SMILES string of the molecule is Cc1cncc(C(=O)N2CCOCC2c2nc(C)no2)c1. The summed E-state index contributed by atoms with van der Waals surface area (Å²) in [7, 11) is 0. The molecule has 1 saturated heterocycles. The lowest BCUT2D eigenvalue weighted by Crippen LogP contribution is -2.43. The monoisotopic (exact) mass is 288 g/mol. The van der Waals surface area contributed by atoms with E-state index in [1.807, 2.05) is 13.0 Å². The van der Waals surface area contributed by atoms with Gasteiger partial charge in [-0.1, -0.05) is 5.16 Å². The van der Waals surface area contributed by atoms with Gasteiger partial charge in [-0.25, -0.2) is 0 Å². The minimum atomic E-state index is -0.354. The van der Waals surface area contributed by atoms with Crippen LogP contribution in [0.1, 0.15) is 33.7 Å². The van der Waals surface area contributed by atoms with Gasteiger partial charge in [0.05, 0.1) is 18.8 Å². The molecule has 7 nitrogen and oxygen atoms in total. The van der Waals surface area contributed by atoms with Gasteiger partial charge in [0.1, 0.15) is 6.04 Å². The topological polar surface area (TPSA) is 81.4 Å². The van der Waals surface area contributed by atoms with E-state index in [4.69, 9.17) is 9.26 Å². The first-order valence-corrected chi connectivity index (χ1v) is 6.76. The van der Waals surface area contributed by atoms with Crippen LogP contribution in [0.2, 0.25) is 0 Å². The highest BCUT2D eigenvalue weighted by molar-refractivity contribution is 5.94. The Balaban J connectivity index is 1.89. The van der Waals surface area contributed by atoms with E-state index in [1.54, 1.807) is 24.2 Å². The van der Waals surface area contributed by atoms with Gasteiger partial charge < -0.3 is 14.2 Å². The summed E-state index contributed by atoms with van der Waals surface area (Å²) >= 11 is 0. The van der Waals surface area contributed by atoms with Crippen LogP contribution in [0.4, 0.5) is 0 Å². The first-order chi connectivity index (χ1) is 10.1. The summed E-state index contributed by atoms with van der Waals surface area (Å²) in [4.78, 5) is 22.7. The van der Waals surface area contributed by atoms with Crippen LogP contribution < -0.4 is 0 Å². The summed E-state index contributed by atoms with van der Waals surface area (Å²) in [5.41, 5.74) is 1.50. The van der Waals surface area contributed by atoms with Crippen molar-refractivity contribution in [1.29, 1.82) is 0 Å². The van der Waals surface area contributed by atoms with Gasteiger partial charge in [-0.05, 0) is 25.5 Å². The zero-order valence-corrected chi connectivity index (χ0v) is 11.9. The molecule has 1 amide bonds. The zero-order valence-electron chi connectivity index (χ0n) is 11.9. The number of aromatic nitrogens is 3. The molecule has 2 aromatic heterocycles. The molecule has 1 atom stereocenters. The predicted molar refractivity (Wildman–Crippen MR) is 72.6 cm³/mol. The standard InChI is InChI=1S/C14H16N4O3/c1-9-5-11(7-15-6-9)14(19)18-3-4-20-8-12(18)13-16-10(2)17-21-13/h5-7,12H,3-4,8H2,1-2H3. The molecule has 3 heterocycles. The van der Waals surface area contributed by atoms with Gasteiger partial charge in [0, 0.05) is 18.9 Å². The third-order valence-corrected chi connectivity index (χ3v) is 3.34. The number of pyridine rings is 1. The van der Waals surface area contributed by atoms with Crippen LogP contribution in [0.3, 0.4) is 0 Å². The van der Waals surface area contributed by atoms with Crippen molar-refractivity contribution >= 4 is 5.91 Å². The molecular weight excluding hydrogens is 272 g/mol. The molecule has 0 N–H and O–H groups in total. The first-order valence-electron chi connectivity index (χ1n) is 6.76. The van der Waals surface area contributed by atoms with Crippen molar-refractivity contribution < 1.29 is 14.1 Å². The second-order valence-electron chi connectivity index (χ2n) is 5.02. The Morgan fingerprint density at radius 1 is 1.38 bits per heavy atom. The van der Waals surface area contributed by atoms with Gasteiger partial charge in [0.25, 0.3) is 11.8 Å². The Hall–Kier alpha value is -2.28. The van der Waals surface area contributed by atoms with Crippen molar-refractivity contribution in [1.82, 2.24) is 20.0 Å². The molecule has 1 unspecified atom stereocenters. The smallest absolute Gasteiger partial charge is 0.256 e. The number of carbonyl (C=O) groups excluding carboxylic acids is 1. The van der Waals surface area contributed by atoms with Crippen LogP contribution in [0, 0.1) is 13.8 Å². The van der Waals surface area contributed by atoms with Crippen molar-refractivity contribution in [3.05, 3.63) is 41.3 Å². The quantitative estimate of drug-likeness (QED) is 0.828. The molecule has 3 rings (SSSR count). The normalized spacial score (nSPS) is 18.8. The molecule has 0 bridgehead atoms. The molecule has 7 heteroatoms. The molecule has 1 aliphatic rings. The van der Waals surface area contributed by atoms with E-state index in [0.717, 1.165) is 5.56 Å². The first kappa shape index (κ1) is 13.7. The number of rotatable bonds is 2. The highest BCUT2D eigenvalue weighted by Crippen LogP contribution is 2.24. The summed E-state index contributed by atoms with van der Waals surface area (Å²) in [6, 6.07) is 1.47. The number of aryl methyl sites for hydroxylation is 2. The van der Waals surface area contributed by atoms with Crippen LogP contribution >= 0.6 is 0 Å². The van der Waals surface area contributed by atoms with Gasteiger partial charge in [-0.15, -0.1) is 0 Å².